The van der Waals surface area contributed by atoms with Gasteiger partial charge in [0, 0.05) is 9.82 Å². The van der Waals surface area contributed by atoms with Gasteiger partial charge in [-0.05, 0) is 23.9 Å². The third-order valence-electron chi connectivity index (χ3n) is 1.59. The first kappa shape index (κ1) is 9.62. The molecule has 0 saturated carbocycles. The van der Waals surface area contributed by atoms with Crippen LogP contribution in [0.2, 0.25) is 0 Å². The maximum atomic E-state index is 8.15. The van der Waals surface area contributed by atoms with E-state index in [1.807, 2.05) is 13.8 Å². The van der Waals surface area contributed by atoms with Crippen LogP contribution in [0.3, 0.4) is 0 Å². The highest BCUT2D eigenvalue weighted by atomic mass is 15.3. The van der Waals surface area contributed by atoms with Crippen LogP contribution in [-0.2, 0) is 0 Å². The number of azide groups is 1. The van der Waals surface area contributed by atoms with Crippen molar-refractivity contribution in [3.63, 3.8) is 0 Å². The summed E-state index contributed by atoms with van der Waals surface area (Å²) in [6.45, 7) is 5.24. The normalized spacial score (nSPS) is 14.5. The van der Waals surface area contributed by atoms with Gasteiger partial charge in [0.25, 0.3) is 0 Å². The molecule has 6 heteroatoms. The molecule has 0 N–H and O–H groups in total. The quantitative estimate of drug-likeness (QED) is 0.339. The molecule has 0 amide bonds. The van der Waals surface area contributed by atoms with Crippen molar-refractivity contribution in [1.29, 1.82) is 0 Å². The van der Waals surface area contributed by atoms with Crippen LogP contribution in [-0.4, -0.2) is 5.66 Å². The molecule has 0 atom stereocenters. The van der Waals surface area contributed by atoms with Gasteiger partial charge in [0.2, 0.25) is 0 Å². The Balaban J connectivity index is 4.79. The van der Waals surface area contributed by atoms with E-state index in [4.69, 9.17) is 11.1 Å². The van der Waals surface area contributed by atoms with Crippen LogP contribution in [0.15, 0.2) is 10.2 Å². The number of nitrogens with zero attached hydrogens (tertiary/aromatic N) is 6. The van der Waals surface area contributed by atoms with E-state index in [0.717, 1.165) is 0 Å². The molecule has 6 nitrogen and oxygen atoms in total. The third kappa shape index (κ3) is 2.37. The lowest BCUT2D eigenvalue weighted by atomic mass is 10.0. The Bertz CT molecular complexity index is 201. The summed E-state index contributed by atoms with van der Waals surface area (Å²) in [5.74, 6) is -0.00528. The Morgan fingerprint density at radius 1 is 1.18 bits per heavy atom. The van der Waals surface area contributed by atoms with E-state index >= 15 is 0 Å². The smallest absolute Gasteiger partial charge is 0.0813 e. The van der Waals surface area contributed by atoms with Gasteiger partial charge in [0.05, 0.1) is 0 Å². The monoisotopic (exact) mass is 154 g/mol. The van der Waals surface area contributed by atoms with E-state index < -0.39 is 5.66 Å². The minimum Gasteiger partial charge on any atom is -0.0813 e. The Morgan fingerprint density at radius 3 is 1.73 bits per heavy atom. The molecule has 0 aromatic rings. The highest BCUT2D eigenvalue weighted by Gasteiger charge is 2.24. The second-order valence-electron chi connectivity index (χ2n) is 2.63. The van der Waals surface area contributed by atoms with Crippen molar-refractivity contribution < 1.29 is 0 Å². The molecule has 0 radical (unpaired) electrons. The summed E-state index contributed by atoms with van der Waals surface area (Å²) in [6, 6.07) is 0. The predicted octanol–water partition coefficient (Wildman–Crippen LogP) is 2.98. The fourth-order valence-electron chi connectivity index (χ4n) is 0.432. The fraction of sp³-hybridized carbons (Fsp3) is 1.00. The summed E-state index contributed by atoms with van der Waals surface area (Å²) >= 11 is 0. The van der Waals surface area contributed by atoms with Gasteiger partial charge in [0.1, 0.15) is 5.66 Å². The Morgan fingerprint density at radius 2 is 1.55 bits per heavy atom. The van der Waals surface area contributed by atoms with Crippen molar-refractivity contribution >= 4 is 0 Å². The van der Waals surface area contributed by atoms with Crippen molar-refractivity contribution in [3.8, 4) is 0 Å². The topological polar surface area (TPSA) is 97.5 Å². The van der Waals surface area contributed by atoms with Gasteiger partial charge in [0.15, 0.2) is 0 Å². The molecule has 0 bridgehead atoms. The van der Waals surface area contributed by atoms with Gasteiger partial charge in [-0.1, -0.05) is 24.1 Å². The summed E-state index contributed by atoms with van der Waals surface area (Å²) in [7, 11) is 0. The van der Waals surface area contributed by atoms with Gasteiger partial charge in [-0.2, -0.15) is 0 Å². The maximum absolute atomic E-state index is 8.15. The first-order valence-electron chi connectivity index (χ1n) is 3.19. The molecular weight excluding hydrogens is 144 g/mol. The zero-order valence-corrected chi connectivity index (χ0v) is 6.76. The van der Waals surface area contributed by atoms with Gasteiger partial charge >= 0.3 is 0 Å². The molecule has 60 valence electrons. The van der Waals surface area contributed by atoms with E-state index in [1.165, 1.54) is 0 Å². The molecule has 0 heterocycles. The molecular formula is C5H10N6. The van der Waals surface area contributed by atoms with E-state index in [1.54, 1.807) is 6.92 Å². The van der Waals surface area contributed by atoms with Gasteiger partial charge in [-0.25, -0.2) is 0 Å². The molecule has 0 fully saturated rings. The minimum atomic E-state index is -0.983. The summed E-state index contributed by atoms with van der Waals surface area (Å²) < 4.78 is 0. The van der Waals surface area contributed by atoms with Crippen LogP contribution in [0, 0.1) is 5.92 Å². The second kappa shape index (κ2) is 3.71. The molecule has 0 unspecified atom stereocenters. The molecule has 0 aromatic heterocycles. The van der Waals surface area contributed by atoms with E-state index in [0.29, 0.717) is 0 Å². The lowest BCUT2D eigenvalue weighted by molar-refractivity contribution is 0.351. The zero-order valence-electron chi connectivity index (χ0n) is 6.76. The lowest BCUT2D eigenvalue weighted by Crippen LogP contribution is -2.24. The highest BCUT2D eigenvalue weighted by molar-refractivity contribution is 4.84. The van der Waals surface area contributed by atoms with Crippen LogP contribution < -0.4 is 0 Å². The van der Waals surface area contributed by atoms with Crippen LogP contribution in [0.1, 0.15) is 20.8 Å². The number of rotatable bonds is 3. The first-order chi connectivity index (χ1) is 5.06. The molecule has 0 aromatic carbocycles. The highest BCUT2D eigenvalue weighted by Crippen LogP contribution is 2.23. The van der Waals surface area contributed by atoms with Crippen molar-refractivity contribution in [2.45, 2.75) is 26.4 Å². The molecule has 0 aliphatic rings. The fourth-order valence-corrected chi connectivity index (χ4v) is 0.432. The minimum absolute atomic E-state index is 0.00528. The van der Waals surface area contributed by atoms with Crippen molar-refractivity contribution in [3.05, 3.63) is 20.9 Å². The van der Waals surface area contributed by atoms with Gasteiger partial charge in [-0.3, -0.25) is 0 Å². The summed E-state index contributed by atoms with van der Waals surface area (Å²) in [5.41, 5.74) is 15.3. The molecule has 0 saturated heterocycles. The summed E-state index contributed by atoms with van der Waals surface area (Å²) in [6.07, 6.45) is 0. The number of hydrogen-bond donors (Lipinski definition) is 0. The van der Waals surface area contributed by atoms with Gasteiger partial charge < -0.3 is 0 Å². The number of hydrogen-bond acceptors (Lipinski definition) is 2. The summed E-state index contributed by atoms with van der Waals surface area (Å²) in [5, 5.41) is 6.81. The Hall–Kier alpha value is -1.38. The van der Waals surface area contributed by atoms with Crippen molar-refractivity contribution in [1.82, 2.24) is 0 Å². The third-order valence-corrected chi connectivity index (χ3v) is 1.59. The SMILES string of the molecule is CC(C)C(C)(N=[N+]=[N-])N=[N+]=[N-]. The average Bonchev–Trinajstić information content (AvgIpc) is 1.88. The lowest BCUT2D eigenvalue weighted by Gasteiger charge is -2.21. The standard InChI is InChI=1S/C5H10N6/c1-4(2)5(3,8-10-6)9-11-7/h4H,1-3H3. The maximum Gasteiger partial charge on any atom is 0.126 e. The van der Waals surface area contributed by atoms with Crippen molar-refractivity contribution in [2.24, 2.45) is 16.1 Å². The van der Waals surface area contributed by atoms with Crippen molar-refractivity contribution in [2.75, 3.05) is 0 Å². The zero-order chi connectivity index (χ0) is 8.91. The van der Waals surface area contributed by atoms with Crippen LogP contribution in [0.25, 0.3) is 20.9 Å². The molecule has 0 aliphatic heterocycles. The molecule has 0 spiro atoms. The summed E-state index contributed by atoms with van der Waals surface area (Å²) in [4.78, 5) is 5.22. The van der Waals surface area contributed by atoms with Crippen LogP contribution in [0.4, 0.5) is 0 Å². The molecule has 0 rings (SSSR count). The van der Waals surface area contributed by atoms with E-state index in [9.17, 15) is 0 Å². The second-order valence-corrected chi connectivity index (χ2v) is 2.63. The van der Waals surface area contributed by atoms with E-state index in [2.05, 4.69) is 20.1 Å². The van der Waals surface area contributed by atoms with Crippen LogP contribution in [0.5, 0.6) is 0 Å². The molecule has 0 aliphatic carbocycles. The first-order valence-corrected chi connectivity index (χ1v) is 3.19. The van der Waals surface area contributed by atoms with E-state index in [-0.39, 0.29) is 5.92 Å². The predicted molar refractivity (Wildman–Crippen MR) is 41.5 cm³/mol. The Labute approximate surface area is 64.5 Å². The van der Waals surface area contributed by atoms with Gasteiger partial charge in [-0.15, -0.1) is 0 Å². The molecule has 11 heavy (non-hydrogen) atoms. The average molecular weight is 154 g/mol. The largest absolute Gasteiger partial charge is 0.126 e. The Kier molecular flexibility index (Phi) is 3.24. The van der Waals surface area contributed by atoms with Crippen LogP contribution >= 0.6 is 0 Å².